The van der Waals surface area contributed by atoms with Crippen LogP contribution in [0.3, 0.4) is 0 Å². The van der Waals surface area contributed by atoms with Crippen molar-refractivity contribution < 1.29 is 17.9 Å². The summed E-state index contributed by atoms with van der Waals surface area (Å²) in [6.07, 6.45) is -4.73. The van der Waals surface area contributed by atoms with E-state index < -0.39 is 6.36 Å². The summed E-state index contributed by atoms with van der Waals surface area (Å²) >= 11 is 0. The van der Waals surface area contributed by atoms with E-state index in [1.165, 1.54) is 24.3 Å². The Hall–Kier alpha value is -2.76. The number of halogens is 4. The first-order chi connectivity index (χ1) is 13.7. The maximum Gasteiger partial charge on any atom is 0.573 e. The van der Waals surface area contributed by atoms with E-state index in [-0.39, 0.29) is 35.7 Å². The number of nitrogens with two attached hydrogens (primary N) is 1. The van der Waals surface area contributed by atoms with E-state index in [4.69, 9.17) is 5.73 Å². The van der Waals surface area contributed by atoms with Gasteiger partial charge in [-0.25, -0.2) is 9.98 Å². The van der Waals surface area contributed by atoms with E-state index in [1.807, 2.05) is 49.3 Å². The standard InChI is InChI=1S/C20H20F3N5O.HI/c1-28(2)18-11-13(16-5-3-4-6-17(16)27-18)12-25-19(24)26-14-7-9-15(10-8-14)29-20(21,22)23;/h3-11H,12H2,1-2H3,(H3,24,25,26);1H. The van der Waals surface area contributed by atoms with Crippen LogP contribution in [0.15, 0.2) is 59.6 Å². The summed E-state index contributed by atoms with van der Waals surface area (Å²) in [5, 5.41) is 3.83. The van der Waals surface area contributed by atoms with E-state index >= 15 is 0 Å². The van der Waals surface area contributed by atoms with Crippen LogP contribution < -0.4 is 20.7 Å². The Labute approximate surface area is 189 Å². The van der Waals surface area contributed by atoms with Gasteiger partial charge in [-0.3, -0.25) is 0 Å². The van der Waals surface area contributed by atoms with E-state index in [1.54, 1.807) is 0 Å². The van der Waals surface area contributed by atoms with Crippen molar-refractivity contribution in [1.82, 2.24) is 4.98 Å². The predicted octanol–water partition coefficient (Wildman–Crippen LogP) is 4.74. The van der Waals surface area contributed by atoms with Crippen molar-refractivity contribution in [1.29, 1.82) is 0 Å². The molecule has 0 aliphatic heterocycles. The van der Waals surface area contributed by atoms with Crippen LogP contribution in [0.5, 0.6) is 5.75 Å². The minimum absolute atomic E-state index is 0. The molecule has 0 aliphatic rings. The largest absolute Gasteiger partial charge is 0.573 e. The third kappa shape index (κ3) is 6.37. The maximum atomic E-state index is 12.2. The fourth-order valence-corrected chi connectivity index (χ4v) is 2.69. The van der Waals surface area contributed by atoms with Gasteiger partial charge in [-0.15, -0.1) is 37.1 Å². The van der Waals surface area contributed by atoms with Crippen LogP contribution >= 0.6 is 24.0 Å². The molecule has 0 aliphatic carbocycles. The highest BCUT2D eigenvalue weighted by Gasteiger charge is 2.30. The third-order valence-corrected chi connectivity index (χ3v) is 4.03. The number of pyridine rings is 1. The van der Waals surface area contributed by atoms with E-state index in [0.717, 1.165) is 22.3 Å². The molecule has 0 spiro atoms. The Morgan fingerprint density at radius 2 is 1.80 bits per heavy atom. The van der Waals surface area contributed by atoms with E-state index in [9.17, 15) is 13.2 Å². The number of nitrogens with one attached hydrogen (secondary N) is 1. The number of alkyl halides is 3. The van der Waals surface area contributed by atoms with Gasteiger partial charge in [-0.1, -0.05) is 18.2 Å². The third-order valence-electron chi connectivity index (χ3n) is 4.03. The van der Waals surface area contributed by atoms with Crippen molar-refractivity contribution in [3.8, 4) is 5.75 Å². The maximum absolute atomic E-state index is 12.2. The van der Waals surface area contributed by atoms with Crippen molar-refractivity contribution in [2.24, 2.45) is 10.7 Å². The molecular formula is C20H21F3IN5O. The Balaban J connectivity index is 0.00000320. The molecule has 6 nitrogen and oxygen atoms in total. The summed E-state index contributed by atoms with van der Waals surface area (Å²) in [5.41, 5.74) is 8.25. The average Bonchev–Trinajstić information content (AvgIpc) is 2.66. The van der Waals surface area contributed by atoms with Crippen molar-refractivity contribution in [2.45, 2.75) is 12.9 Å². The molecule has 1 heterocycles. The fourth-order valence-electron chi connectivity index (χ4n) is 2.69. The lowest BCUT2D eigenvalue weighted by atomic mass is 10.1. The van der Waals surface area contributed by atoms with Crippen molar-refractivity contribution in [3.05, 3.63) is 60.2 Å². The Bertz CT molecular complexity index is 1020. The van der Waals surface area contributed by atoms with Crippen LogP contribution in [-0.4, -0.2) is 31.4 Å². The van der Waals surface area contributed by atoms with Crippen molar-refractivity contribution in [2.75, 3.05) is 24.3 Å². The molecule has 160 valence electrons. The second-order valence-corrected chi connectivity index (χ2v) is 6.45. The second kappa shape index (κ2) is 9.83. The quantitative estimate of drug-likeness (QED) is 0.283. The van der Waals surface area contributed by atoms with Gasteiger partial charge in [0.1, 0.15) is 11.6 Å². The highest BCUT2D eigenvalue weighted by molar-refractivity contribution is 14.0. The van der Waals surface area contributed by atoms with Gasteiger partial charge in [0.15, 0.2) is 5.96 Å². The molecule has 3 aromatic rings. The summed E-state index contributed by atoms with van der Waals surface area (Å²) < 4.78 is 40.5. The number of guanidine groups is 1. The molecular weight excluding hydrogens is 510 g/mol. The molecule has 3 rings (SSSR count). The zero-order valence-electron chi connectivity index (χ0n) is 16.3. The molecule has 2 aromatic carbocycles. The van der Waals surface area contributed by atoms with Gasteiger partial charge in [0.2, 0.25) is 0 Å². The summed E-state index contributed by atoms with van der Waals surface area (Å²) in [7, 11) is 3.82. The minimum Gasteiger partial charge on any atom is -0.406 e. The zero-order chi connectivity index (χ0) is 21.0. The van der Waals surface area contributed by atoms with Crippen LogP contribution in [0.4, 0.5) is 24.7 Å². The molecule has 0 bridgehead atoms. The highest BCUT2D eigenvalue weighted by atomic mass is 127. The number of ether oxygens (including phenoxy) is 1. The Kier molecular flexibility index (Phi) is 7.71. The first-order valence-electron chi connectivity index (χ1n) is 8.70. The number of para-hydroxylation sites is 1. The fraction of sp³-hybridized carbons (Fsp3) is 0.200. The molecule has 1 aromatic heterocycles. The topological polar surface area (TPSA) is 75.8 Å². The number of hydrogen-bond acceptors (Lipinski definition) is 4. The van der Waals surface area contributed by atoms with Gasteiger partial charge in [0, 0.05) is 25.2 Å². The molecule has 0 fully saturated rings. The molecule has 10 heteroatoms. The molecule has 30 heavy (non-hydrogen) atoms. The van der Waals surface area contributed by atoms with Gasteiger partial charge < -0.3 is 20.7 Å². The molecule has 0 saturated carbocycles. The summed E-state index contributed by atoms with van der Waals surface area (Å²) in [5.74, 6) is 0.639. The van der Waals surface area contributed by atoms with Crippen molar-refractivity contribution in [3.63, 3.8) is 0 Å². The number of rotatable bonds is 5. The van der Waals surface area contributed by atoms with E-state index in [0.29, 0.717) is 12.2 Å². The van der Waals surface area contributed by atoms with Gasteiger partial charge in [0.05, 0.1) is 12.1 Å². The van der Waals surface area contributed by atoms with Gasteiger partial charge >= 0.3 is 6.36 Å². The van der Waals surface area contributed by atoms with Crippen LogP contribution in [-0.2, 0) is 6.54 Å². The molecule has 0 atom stereocenters. The average molecular weight is 531 g/mol. The number of anilines is 2. The second-order valence-electron chi connectivity index (χ2n) is 6.45. The normalized spacial score (nSPS) is 11.7. The van der Waals surface area contributed by atoms with Crippen LogP contribution in [0, 0.1) is 0 Å². The monoisotopic (exact) mass is 531 g/mol. The number of aliphatic imine (C=N–C) groups is 1. The SMILES string of the molecule is CN(C)c1cc(CN=C(N)Nc2ccc(OC(F)(F)F)cc2)c2ccccc2n1.I. The lowest BCUT2D eigenvalue weighted by Crippen LogP contribution is -2.22. The lowest BCUT2D eigenvalue weighted by molar-refractivity contribution is -0.274. The predicted molar refractivity (Wildman–Crippen MR) is 124 cm³/mol. The van der Waals surface area contributed by atoms with Crippen molar-refractivity contribution >= 4 is 52.3 Å². The molecule has 0 unspecified atom stereocenters. The smallest absolute Gasteiger partial charge is 0.406 e. The Morgan fingerprint density at radius 3 is 2.43 bits per heavy atom. The molecule has 0 saturated heterocycles. The van der Waals surface area contributed by atoms with E-state index in [2.05, 4.69) is 20.0 Å². The first kappa shape index (κ1) is 23.5. The van der Waals surface area contributed by atoms with Gasteiger partial charge in [-0.2, -0.15) is 0 Å². The number of nitrogens with zero attached hydrogens (tertiary/aromatic N) is 3. The highest BCUT2D eigenvalue weighted by Crippen LogP contribution is 2.24. The lowest BCUT2D eigenvalue weighted by Gasteiger charge is -2.14. The summed E-state index contributed by atoms with van der Waals surface area (Å²) in [6, 6.07) is 14.9. The number of aromatic nitrogens is 1. The van der Waals surface area contributed by atoms with Gasteiger partial charge in [0.25, 0.3) is 0 Å². The number of hydrogen-bond donors (Lipinski definition) is 2. The Morgan fingerprint density at radius 1 is 1.13 bits per heavy atom. The molecule has 0 radical (unpaired) electrons. The first-order valence-corrected chi connectivity index (χ1v) is 8.70. The summed E-state index contributed by atoms with van der Waals surface area (Å²) in [6.45, 7) is 0.317. The number of fused-ring (bicyclic) bond motifs is 1. The van der Waals surface area contributed by atoms with Crippen LogP contribution in [0.25, 0.3) is 10.9 Å². The summed E-state index contributed by atoms with van der Waals surface area (Å²) in [4.78, 5) is 10.9. The molecule has 0 amide bonds. The zero-order valence-corrected chi connectivity index (χ0v) is 18.6. The van der Waals surface area contributed by atoms with Gasteiger partial charge in [-0.05, 0) is 42.0 Å². The number of benzene rings is 2. The molecule has 3 N–H and O–H groups in total. The van der Waals surface area contributed by atoms with Crippen LogP contribution in [0.2, 0.25) is 0 Å². The van der Waals surface area contributed by atoms with Crippen LogP contribution in [0.1, 0.15) is 5.56 Å². The minimum atomic E-state index is -4.73.